The lowest BCUT2D eigenvalue weighted by atomic mass is 10.1. The smallest absolute Gasteiger partial charge is 0.0950 e. The van der Waals surface area contributed by atoms with Gasteiger partial charge in [-0.15, -0.1) is 11.6 Å². The number of anilines is 1. The van der Waals surface area contributed by atoms with Crippen molar-refractivity contribution in [2.75, 3.05) is 11.9 Å². The van der Waals surface area contributed by atoms with Gasteiger partial charge < -0.3 is 5.32 Å². The van der Waals surface area contributed by atoms with Crippen LogP contribution in [0.2, 0.25) is 0 Å². The van der Waals surface area contributed by atoms with Gasteiger partial charge in [-0.2, -0.15) is 10.2 Å². The Morgan fingerprint density at radius 2 is 1.75 bits per heavy atom. The molecule has 0 spiro atoms. The van der Waals surface area contributed by atoms with E-state index in [-0.39, 0.29) is 5.38 Å². The molecule has 0 bridgehead atoms. The van der Waals surface area contributed by atoms with Crippen molar-refractivity contribution in [3.8, 4) is 0 Å². The van der Waals surface area contributed by atoms with E-state index in [4.69, 9.17) is 11.6 Å². The summed E-state index contributed by atoms with van der Waals surface area (Å²) in [5.74, 6) is 0. The number of benzene rings is 2. The van der Waals surface area contributed by atoms with E-state index in [0.29, 0.717) is 6.54 Å². The SMILES string of the molecule is ClC(CNc1cnnc2ccccc12)c1ccccc1. The molecule has 1 N–H and O–H groups in total. The molecule has 0 saturated heterocycles. The van der Waals surface area contributed by atoms with Gasteiger partial charge in [-0.1, -0.05) is 48.5 Å². The van der Waals surface area contributed by atoms with Gasteiger partial charge in [-0.25, -0.2) is 0 Å². The van der Waals surface area contributed by atoms with Gasteiger partial charge in [0.2, 0.25) is 0 Å². The Bertz CT molecular complexity index is 695. The molecule has 20 heavy (non-hydrogen) atoms. The minimum absolute atomic E-state index is 0.0804. The van der Waals surface area contributed by atoms with E-state index in [1.165, 1.54) is 0 Å². The minimum atomic E-state index is -0.0804. The highest BCUT2D eigenvalue weighted by Gasteiger charge is 2.08. The van der Waals surface area contributed by atoms with Gasteiger partial charge in [0.05, 0.1) is 22.8 Å². The van der Waals surface area contributed by atoms with Crippen LogP contribution < -0.4 is 5.32 Å². The highest BCUT2D eigenvalue weighted by Crippen LogP contribution is 2.24. The maximum Gasteiger partial charge on any atom is 0.0950 e. The topological polar surface area (TPSA) is 37.8 Å². The maximum absolute atomic E-state index is 6.41. The normalized spacial score (nSPS) is 12.2. The van der Waals surface area contributed by atoms with Gasteiger partial charge in [0.1, 0.15) is 0 Å². The first kappa shape index (κ1) is 12.9. The van der Waals surface area contributed by atoms with E-state index in [9.17, 15) is 0 Å². The average molecular weight is 284 g/mol. The molecular weight excluding hydrogens is 270 g/mol. The van der Waals surface area contributed by atoms with Crippen LogP contribution in [0.25, 0.3) is 10.9 Å². The minimum Gasteiger partial charge on any atom is -0.381 e. The molecule has 1 aromatic heterocycles. The van der Waals surface area contributed by atoms with Crippen LogP contribution in [0, 0.1) is 0 Å². The van der Waals surface area contributed by atoms with Gasteiger partial charge in [0, 0.05) is 11.9 Å². The van der Waals surface area contributed by atoms with E-state index in [1.54, 1.807) is 6.20 Å². The van der Waals surface area contributed by atoms with Crippen molar-refractivity contribution < 1.29 is 0 Å². The second-order valence-corrected chi connectivity index (χ2v) is 5.06. The molecule has 0 aliphatic heterocycles. The first-order valence-electron chi connectivity index (χ1n) is 6.48. The summed E-state index contributed by atoms with van der Waals surface area (Å²) >= 11 is 6.41. The number of fused-ring (bicyclic) bond motifs is 1. The van der Waals surface area contributed by atoms with Gasteiger partial charge in [-0.3, -0.25) is 0 Å². The molecule has 0 aliphatic carbocycles. The summed E-state index contributed by atoms with van der Waals surface area (Å²) in [6, 6.07) is 18.0. The van der Waals surface area contributed by atoms with Gasteiger partial charge in [0.25, 0.3) is 0 Å². The van der Waals surface area contributed by atoms with Crippen molar-refractivity contribution in [3.05, 3.63) is 66.4 Å². The number of halogens is 1. The van der Waals surface area contributed by atoms with Gasteiger partial charge in [-0.05, 0) is 11.6 Å². The molecule has 0 aliphatic rings. The highest BCUT2D eigenvalue weighted by atomic mass is 35.5. The lowest BCUT2D eigenvalue weighted by Crippen LogP contribution is -2.08. The quantitative estimate of drug-likeness (QED) is 0.735. The average Bonchev–Trinajstić information content (AvgIpc) is 2.53. The lowest BCUT2D eigenvalue weighted by Gasteiger charge is -2.13. The molecule has 3 rings (SSSR count). The van der Waals surface area contributed by atoms with Crippen LogP contribution in [0.15, 0.2) is 60.8 Å². The molecule has 0 fully saturated rings. The second-order valence-electron chi connectivity index (χ2n) is 4.53. The van der Waals surface area contributed by atoms with Crippen LogP contribution in [-0.4, -0.2) is 16.7 Å². The Labute approximate surface area is 122 Å². The Hall–Kier alpha value is -2.13. The first-order chi connectivity index (χ1) is 9.84. The van der Waals surface area contributed by atoms with Crippen molar-refractivity contribution in [2.24, 2.45) is 0 Å². The zero-order valence-corrected chi connectivity index (χ0v) is 11.6. The number of alkyl halides is 1. The molecule has 3 aromatic rings. The Morgan fingerprint density at radius 3 is 2.60 bits per heavy atom. The van der Waals surface area contributed by atoms with Crippen LogP contribution in [-0.2, 0) is 0 Å². The molecule has 2 aromatic carbocycles. The molecule has 1 heterocycles. The van der Waals surface area contributed by atoms with Gasteiger partial charge in [0.15, 0.2) is 0 Å². The zero-order valence-electron chi connectivity index (χ0n) is 10.8. The zero-order chi connectivity index (χ0) is 13.8. The Kier molecular flexibility index (Phi) is 3.79. The van der Waals surface area contributed by atoms with Crippen molar-refractivity contribution >= 4 is 28.2 Å². The van der Waals surface area contributed by atoms with Crippen molar-refractivity contribution in [1.29, 1.82) is 0 Å². The maximum atomic E-state index is 6.41. The summed E-state index contributed by atoms with van der Waals surface area (Å²) in [6.07, 6.45) is 1.73. The van der Waals surface area contributed by atoms with Crippen LogP contribution >= 0.6 is 11.6 Å². The Morgan fingerprint density at radius 1 is 1.00 bits per heavy atom. The van der Waals surface area contributed by atoms with Crippen LogP contribution in [0.5, 0.6) is 0 Å². The summed E-state index contributed by atoms with van der Waals surface area (Å²) in [7, 11) is 0. The van der Waals surface area contributed by atoms with E-state index in [1.807, 2.05) is 54.6 Å². The molecule has 1 atom stereocenters. The first-order valence-corrected chi connectivity index (χ1v) is 6.91. The van der Waals surface area contributed by atoms with Crippen molar-refractivity contribution in [2.45, 2.75) is 5.38 Å². The molecule has 0 saturated carbocycles. The van der Waals surface area contributed by atoms with Gasteiger partial charge >= 0.3 is 0 Å². The van der Waals surface area contributed by atoms with E-state index >= 15 is 0 Å². The predicted octanol–water partition coefficient (Wildman–Crippen LogP) is 4.02. The summed E-state index contributed by atoms with van der Waals surface area (Å²) in [4.78, 5) is 0. The molecular formula is C16H14ClN3. The standard InChI is InChI=1S/C16H14ClN3/c17-14(12-6-2-1-3-7-12)10-18-16-11-19-20-15-9-5-4-8-13(15)16/h1-9,11,14H,10H2,(H,18,20). The van der Waals surface area contributed by atoms with Crippen LogP contribution in [0.3, 0.4) is 0 Å². The summed E-state index contributed by atoms with van der Waals surface area (Å²) < 4.78 is 0. The summed E-state index contributed by atoms with van der Waals surface area (Å²) in [6.45, 7) is 0.640. The summed E-state index contributed by atoms with van der Waals surface area (Å²) in [5.41, 5.74) is 2.94. The number of nitrogens with one attached hydrogen (secondary N) is 1. The Balaban J connectivity index is 1.77. The molecule has 1 unspecified atom stereocenters. The molecule has 0 radical (unpaired) electrons. The molecule has 3 nitrogen and oxygen atoms in total. The van der Waals surface area contributed by atoms with E-state index in [2.05, 4.69) is 15.5 Å². The highest BCUT2D eigenvalue weighted by molar-refractivity contribution is 6.21. The van der Waals surface area contributed by atoms with Crippen LogP contribution in [0.4, 0.5) is 5.69 Å². The second kappa shape index (κ2) is 5.88. The number of hydrogen-bond donors (Lipinski definition) is 1. The molecule has 100 valence electrons. The fourth-order valence-corrected chi connectivity index (χ4v) is 2.35. The van der Waals surface area contributed by atoms with Crippen molar-refractivity contribution in [1.82, 2.24) is 10.2 Å². The number of aromatic nitrogens is 2. The number of hydrogen-bond acceptors (Lipinski definition) is 3. The predicted molar refractivity (Wildman–Crippen MR) is 83.1 cm³/mol. The third-order valence-electron chi connectivity index (χ3n) is 3.18. The fraction of sp³-hybridized carbons (Fsp3) is 0.125. The third kappa shape index (κ3) is 2.73. The van der Waals surface area contributed by atoms with Crippen molar-refractivity contribution in [3.63, 3.8) is 0 Å². The monoisotopic (exact) mass is 283 g/mol. The van der Waals surface area contributed by atoms with Crippen LogP contribution in [0.1, 0.15) is 10.9 Å². The lowest BCUT2D eigenvalue weighted by molar-refractivity contribution is 0.972. The largest absolute Gasteiger partial charge is 0.381 e. The molecule has 4 heteroatoms. The summed E-state index contributed by atoms with van der Waals surface area (Å²) in [5, 5.41) is 12.4. The number of nitrogens with zero attached hydrogens (tertiary/aromatic N) is 2. The fourth-order valence-electron chi connectivity index (χ4n) is 2.13. The number of rotatable bonds is 4. The van der Waals surface area contributed by atoms with E-state index in [0.717, 1.165) is 22.2 Å². The third-order valence-corrected chi connectivity index (χ3v) is 3.59. The molecule has 0 amide bonds. The van der Waals surface area contributed by atoms with E-state index < -0.39 is 0 Å².